The van der Waals surface area contributed by atoms with Crippen LogP contribution in [0.1, 0.15) is 29.6 Å². The third kappa shape index (κ3) is 2.69. The average molecular weight is 344 g/mol. The molecular weight excluding hydrogens is 329 g/mol. The molecule has 0 fully saturated rings. The van der Waals surface area contributed by atoms with Crippen LogP contribution < -0.4 is 11.1 Å². The predicted octanol–water partition coefficient (Wildman–Crippen LogP) is 3.80. The van der Waals surface area contributed by atoms with Crippen molar-refractivity contribution in [1.82, 2.24) is 14.8 Å². The Hall–Kier alpha value is -2.60. The first-order valence-electron chi connectivity index (χ1n) is 7.59. The summed E-state index contributed by atoms with van der Waals surface area (Å²) in [5.41, 5.74) is 7.82. The minimum atomic E-state index is -0.264. The van der Waals surface area contributed by atoms with E-state index in [0.29, 0.717) is 11.0 Å². The molecule has 0 amide bonds. The zero-order chi connectivity index (χ0) is 16.7. The Morgan fingerprint density at radius 3 is 2.46 bits per heavy atom. The monoisotopic (exact) mass is 343 g/mol. The molecule has 0 bridgehead atoms. The number of nitrogens with zero attached hydrogens (tertiary/aromatic N) is 3. The van der Waals surface area contributed by atoms with E-state index in [0.717, 1.165) is 17.5 Å². The second-order valence-electron chi connectivity index (χ2n) is 5.79. The highest BCUT2D eigenvalue weighted by Gasteiger charge is 2.30. The minimum Gasteiger partial charge on any atom is -0.366 e. The number of aromatic nitrogens is 3. The maximum Gasteiger partial charge on any atom is 0.241 e. The molecule has 1 aromatic heterocycles. The molecule has 2 aromatic carbocycles. The molecule has 7 heteroatoms. The number of fused-ring (bicyclic) bond motifs is 1. The molecule has 1 aliphatic heterocycles. The smallest absolute Gasteiger partial charge is 0.241 e. The number of halogens is 2. The zero-order valence-corrected chi connectivity index (χ0v) is 13.4. The van der Waals surface area contributed by atoms with Crippen molar-refractivity contribution in [3.05, 3.63) is 70.5 Å². The Labute approximate surface area is 143 Å². The van der Waals surface area contributed by atoms with Gasteiger partial charge in [0.15, 0.2) is 0 Å². The lowest BCUT2D eigenvalue weighted by Gasteiger charge is -2.31. The lowest BCUT2D eigenvalue weighted by molar-refractivity contribution is 0.431. The van der Waals surface area contributed by atoms with Crippen LogP contribution in [0.25, 0.3) is 0 Å². The second-order valence-corrected chi connectivity index (χ2v) is 6.23. The quantitative estimate of drug-likeness (QED) is 0.742. The second kappa shape index (κ2) is 5.79. The molecule has 1 aliphatic rings. The molecule has 2 heterocycles. The molecule has 0 aliphatic carbocycles. The highest BCUT2D eigenvalue weighted by Crippen LogP contribution is 2.38. The van der Waals surface area contributed by atoms with E-state index in [1.54, 1.807) is 16.8 Å². The summed E-state index contributed by atoms with van der Waals surface area (Å²) in [6.07, 6.45) is 0.739. The predicted molar refractivity (Wildman–Crippen MR) is 91.4 cm³/mol. The van der Waals surface area contributed by atoms with Gasteiger partial charge in [-0.1, -0.05) is 35.9 Å². The summed E-state index contributed by atoms with van der Waals surface area (Å²) >= 11 is 5.98. The molecule has 0 spiro atoms. The minimum absolute atomic E-state index is 0.0356. The zero-order valence-electron chi connectivity index (χ0n) is 12.7. The Morgan fingerprint density at radius 1 is 1.08 bits per heavy atom. The van der Waals surface area contributed by atoms with Gasteiger partial charge in [0.1, 0.15) is 5.82 Å². The number of nitrogen functional groups attached to an aromatic ring is 1. The van der Waals surface area contributed by atoms with Gasteiger partial charge in [0.05, 0.1) is 12.1 Å². The van der Waals surface area contributed by atoms with Gasteiger partial charge in [-0.3, -0.25) is 0 Å². The first kappa shape index (κ1) is 15.0. The van der Waals surface area contributed by atoms with Gasteiger partial charge in [-0.25, -0.2) is 9.07 Å². The lowest BCUT2D eigenvalue weighted by Crippen LogP contribution is -2.28. The third-order valence-electron chi connectivity index (χ3n) is 4.23. The standard InChI is InChI=1S/C17H15ClFN5/c18-12-5-1-10(2-6-12)14-9-15(11-3-7-13(19)8-4-11)24-17(21-14)22-16(20)23-24/h1-8,14-15H,9H2,(H3,20,21,22,23)/t14-,15-/m0/s1. The molecular formula is C17H15ClFN5. The number of benzene rings is 2. The van der Waals surface area contributed by atoms with E-state index >= 15 is 0 Å². The summed E-state index contributed by atoms with van der Waals surface area (Å²) in [5, 5.41) is 8.33. The molecule has 0 radical (unpaired) electrons. The Bertz CT molecular complexity index is 860. The SMILES string of the molecule is Nc1nc2n(n1)[C@H](c1ccc(F)cc1)C[C@@H](c1ccc(Cl)cc1)N2. The van der Waals surface area contributed by atoms with E-state index in [1.807, 2.05) is 24.3 Å². The average Bonchev–Trinajstić information content (AvgIpc) is 2.95. The molecule has 3 aromatic rings. The molecule has 122 valence electrons. The van der Waals surface area contributed by atoms with Crippen molar-refractivity contribution >= 4 is 23.5 Å². The van der Waals surface area contributed by atoms with Crippen molar-refractivity contribution < 1.29 is 4.39 Å². The molecule has 2 atom stereocenters. The summed E-state index contributed by atoms with van der Waals surface area (Å²) in [7, 11) is 0. The van der Waals surface area contributed by atoms with Gasteiger partial charge < -0.3 is 11.1 Å². The van der Waals surface area contributed by atoms with E-state index in [2.05, 4.69) is 15.4 Å². The molecule has 0 saturated heterocycles. The van der Waals surface area contributed by atoms with Gasteiger partial charge in [-0.2, -0.15) is 4.98 Å². The Morgan fingerprint density at radius 2 is 1.75 bits per heavy atom. The van der Waals surface area contributed by atoms with Gasteiger partial charge in [0.2, 0.25) is 11.9 Å². The van der Waals surface area contributed by atoms with Crippen LogP contribution in [0.4, 0.5) is 16.3 Å². The molecule has 24 heavy (non-hydrogen) atoms. The number of rotatable bonds is 2. The summed E-state index contributed by atoms with van der Waals surface area (Å²) in [6.45, 7) is 0. The Kier molecular flexibility index (Phi) is 3.61. The molecule has 5 nitrogen and oxygen atoms in total. The van der Waals surface area contributed by atoms with Crippen LogP contribution in [0, 0.1) is 5.82 Å². The number of hydrogen-bond donors (Lipinski definition) is 2. The lowest BCUT2D eigenvalue weighted by atomic mass is 9.93. The first-order valence-corrected chi connectivity index (χ1v) is 7.97. The molecule has 4 rings (SSSR count). The largest absolute Gasteiger partial charge is 0.366 e. The maximum absolute atomic E-state index is 13.3. The van der Waals surface area contributed by atoms with Crippen LogP contribution in [0.5, 0.6) is 0 Å². The van der Waals surface area contributed by atoms with Gasteiger partial charge >= 0.3 is 0 Å². The Balaban J connectivity index is 1.74. The summed E-state index contributed by atoms with van der Waals surface area (Å²) in [4.78, 5) is 4.26. The number of nitrogens with one attached hydrogen (secondary N) is 1. The van der Waals surface area contributed by atoms with E-state index in [1.165, 1.54) is 12.1 Å². The van der Waals surface area contributed by atoms with E-state index < -0.39 is 0 Å². The van der Waals surface area contributed by atoms with Crippen LogP contribution in [-0.2, 0) is 0 Å². The fourth-order valence-electron chi connectivity index (χ4n) is 3.07. The van der Waals surface area contributed by atoms with Crippen LogP contribution in [-0.4, -0.2) is 14.8 Å². The van der Waals surface area contributed by atoms with Crippen LogP contribution in [0.2, 0.25) is 5.02 Å². The van der Waals surface area contributed by atoms with Gasteiger partial charge in [-0.15, -0.1) is 5.10 Å². The first-order chi connectivity index (χ1) is 11.6. The van der Waals surface area contributed by atoms with Crippen LogP contribution >= 0.6 is 11.6 Å². The fraction of sp³-hybridized carbons (Fsp3) is 0.176. The van der Waals surface area contributed by atoms with Crippen LogP contribution in [0.15, 0.2) is 48.5 Å². The molecule has 0 saturated carbocycles. The summed E-state index contributed by atoms with van der Waals surface area (Å²) in [6, 6.07) is 14.1. The summed E-state index contributed by atoms with van der Waals surface area (Å²) < 4.78 is 15.0. The maximum atomic E-state index is 13.3. The highest BCUT2D eigenvalue weighted by atomic mass is 35.5. The van der Waals surface area contributed by atoms with Crippen molar-refractivity contribution in [3.8, 4) is 0 Å². The van der Waals surface area contributed by atoms with Gasteiger partial charge in [0.25, 0.3) is 0 Å². The van der Waals surface area contributed by atoms with Crippen molar-refractivity contribution in [2.75, 3.05) is 11.1 Å². The van der Waals surface area contributed by atoms with E-state index in [9.17, 15) is 4.39 Å². The van der Waals surface area contributed by atoms with Gasteiger partial charge in [-0.05, 0) is 41.8 Å². The highest BCUT2D eigenvalue weighted by molar-refractivity contribution is 6.30. The molecule has 0 unspecified atom stereocenters. The third-order valence-corrected chi connectivity index (χ3v) is 4.48. The number of nitrogens with two attached hydrogens (primary N) is 1. The fourth-order valence-corrected chi connectivity index (χ4v) is 3.20. The van der Waals surface area contributed by atoms with Crippen molar-refractivity contribution in [3.63, 3.8) is 0 Å². The van der Waals surface area contributed by atoms with Crippen molar-refractivity contribution in [1.29, 1.82) is 0 Å². The molecule has 3 N–H and O–H groups in total. The van der Waals surface area contributed by atoms with Crippen molar-refractivity contribution in [2.45, 2.75) is 18.5 Å². The summed E-state index contributed by atoms with van der Waals surface area (Å²) in [5.74, 6) is 0.551. The van der Waals surface area contributed by atoms with Crippen molar-refractivity contribution in [2.24, 2.45) is 0 Å². The number of hydrogen-bond acceptors (Lipinski definition) is 4. The van der Waals surface area contributed by atoms with Gasteiger partial charge in [0, 0.05) is 5.02 Å². The number of anilines is 2. The van der Waals surface area contributed by atoms with E-state index in [4.69, 9.17) is 17.3 Å². The topological polar surface area (TPSA) is 68.8 Å². The normalized spacial score (nSPS) is 19.6. The van der Waals surface area contributed by atoms with Crippen LogP contribution in [0.3, 0.4) is 0 Å². The van der Waals surface area contributed by atoms with E-state index in [-0.39, 0.29) is 23.8 Å².